The largest absolute Gasteiger partial charge is 0.459 e. The van der Waals surface area contributed by atoms with Gasteiger partial charge in [0.1, 0.15) is 5.60 Å². The van der Waals surface area contributed by atoms with Gasteiger partial charge in [0.15, 0.2) is 0 Å². The van der Waals surface area contributed by atoms with Crippen LogP contribution in [0.15, 0.2) is 22.3 Å². The van der Waals surface area contributed by atoms with Gasteiger partial charge in [0.2, 0.25) is 0 Å². The molecule has 1 fully saturated rings. The predicted octanol–water partition coefficient (Wildman–Crippen LogP) is 7.30. The topological polar surface area (TPSA) is 35.5 Å². The Morgan fingerprint density at radius 3 is 2.29 bits per heavy atom. The molecule has 0 aromatic rings. The summed E-state index contributed by atoms with van der Waals surface area (Å²) >= 11 is 0. The summed E-state index contributed by atoms with van der Waals surface area (Å²) in [6.45, 7) is 15.0. The maximum atomic E-state index is 13.5. The van der Waals surface area contributed by atoms with Gasteiger partial charge in [0.25, 0.3) is 0 Å². The first kappa shape index (κ1) is 23.1. The number of esters is 1. The van der Waals surface area contributed by atoms with Gasteiger partial charge in [-0.15, -0.1) is 0 Å². The molecular formula is C28H44O3. The molecule has 4 rings (SSSR count). The lowest BCUT2D eigenvalue weighted by atomic mass is 9.53. The van der Waals surface area contributed by atoms with Crippen molar-refractivity contribution in [1.82, 2.24) is 0 Å². The normalized spacial score (nSPS) is 34.1. The summed E-state index contributed by atoms with van der Waals surface area (Å²) in [6.07, 6.45) is 11.9. The first-order valence-corrected chi connectivity index (χ1v) is 12.7. The Morgan fingerprint density at radius 2 is 1.61 bits per heavy atom. The molecule has 3 heteroatoms. The molecule has 0 saturated heterocycles. The average Bonchev–Trinajstić information content (AvgIpc) is 2.65. The van der Waals surface area contributed by atoms with E-state index < -0.39 is 5.60 Å². The molecule has 0 aromatic carbocycles. The molecule has 0 N–H and O–H groups in total. The van der Waals surface area contributed by atoms with Crippen LogP contribution in [0.1, 0.15) is 113 Å². The quantitative estimate of drug-likeness (QED) is 0.433. The minimum Gasteiger partial charge on any atom is -0.459 e. The standard InChI is InChI=1S/C28H44O3/c1-26(2,3)30-23-14-10-13-22-24-20(15-16-28(22,23)7)19-12-9-8-11-18(19)17-21(24)25(29)31-27(4,5)6/h21-23H,8-17H2,1-7H3/t21-,22+,23+,28+/m1/s1. The summed E-state index contributed by atoms with van der Waals surface area (Å²) in [5.74, 6) is 0.343. The van der Waals surface area contributed by atoms with Gasteiger partial charge in [-0.2, -0.15) is 0 Å². The van der Waals surface area contributed by atoms with Crippen LogP contribution in [0.5, 0.6) is 0 Å². The molecule has 0 amide bonds. The highest BCUT2D eigenvalue weighted by atomic mass is 16.6. The van der Waals surface area contributed by atoms with Gasteiger partial charge in [0.05, 0.1) is 17.6 Å². The summed E-state index contributed by atoms with van der Waals surface area (Å²) in [5, 5.41) is 0. The van der Waals surface area contributed by atoms with Gasteiger partial charge in [-0.05, 0) is 122 Å². The van der Waals surface area contributed by atoms with Crippen LogP contribution in [0, 0.1) is 17.3 Å². The van der Waals surface area contributed by atoms with Gasteiger partial charge in [-0.25, -0.2) is 0 Å². The van der Waals surface area contributed by atoms with E-state index in [0.717, 1.165) is 19.3 Å². The van der Waals surface area contributed by atoms with Crippen molar-refractivity contribution in [3.63, 3.8) is 0 Å². The highest BCUT2D eigenvalue weighted by Gasteiger charge is 2.53. The fourth-order valence-corrected chi connectivity index (χ4v) is 6.88. The van der Waals surface area contributed by atoms with Crippen LogP contribution >= 0.6 is 0 Å². The third kappa shape index (κ3) is 4.54. The van der Waals surface area contributed by atoms with Crippen LogP contribution in [0.4, 0.5) is 0 Å². The minimum atomic E-state index is -0.443. The van der Waals surface area contributed by atoms with E-state index in [1.165, 1.54) is 50.5 Å². The minimum absolute atomic E-state index is 0.000219. The molecule has 3 nitrogen and oxygen atoms in total. The van der Waals surface area contributed by atoms with Gasteiger partial charge in [-0.3, -0.25) is 4.79 Å². The van der Waals surface area contributed by atoms with Crippen molar-refractivity contribution in [2.24, 2.45) is 17.3 Å². The highest BCUT2D eigenvalue weighted by Crippen LogP contribution is 2.59. The molecule has 174 valence electrons. The van der Waals surface area contributed by atoms with Crippen LogP contribution < -0.4 is 0 Å². The molecule has 4 aliphatic rings. The van der Waals surface area contributed by atoms with Crippen molar-refractivity contribution in [1.29, 1.82) is 0 Å². The number of hydrogen-bond donors (Lipinski definition) is 0. The summed E-state index contributed by atoms with van der Waals surface area (Å²) in [4.78, 5) is 13.5. The number of hydrogen-bond acceptors (Lipinski definition) is 3. The van der Waals surface area contributed by atoms with Crippen LogP contribution in [0.3, 0.4) is 0 Å². The van der Waals surface area contributed by atoms with Crippen LogP contribution in [-0.2, 0) is 14.3 Å². The van der Waals surface area contributed by atoms with E-state index in [2.05, 4.69) is 27.7 Å². The van der Waals surface area contributed by atoms with Crippen LogP contribution in [0.2, 0.25) is 0 Å². The monoisotopic (exact) mass is 428 g/mol. The van der Waals surface area contributed by atoms with Gasteiger partial charge >= 0.3 is 5.97 Å². The van der Waals surface area contributed by atoms with E-state index in [0.29, 0.717) is 5.92 Å². The lowest BCUT2D eigenvalue weighted by Gasteiger charge is -2.55. The van der Waals surface area contributed by atoms with E-state index in [-0.39, 0.29) is 29.0 Å². The van der Waals surface area contributed by atoms with E-state index in [9.17, 15) is 4.79 Å². The molecule has 0 heterocycles. The lowest BCUT2D eigenvalue weighted by molar-refractivity contribution is -0.162. The Morgan fingerprint density at radius 1 is 0.903 bits per heavy atom. The second kappa shape index (κ2) is 8.04. The Kier molecular flexibility index (Phi) is 5.99. The molecule has 0 aromatic heterocycles. The second-order valence-corrected chi connectivity index (χ2v) is 12.7. The van der Waals surface area contributed by atoms with Gasteiger partial charge in [0, 0.05) is 5.41 Å². The molecule has 4 aliphatic carbocycles. The third-order valence-corrected chi connectivity index (χ3v) is 8.09. The Hall–Kier alpha value is -1.09. The van der Waals surface area contributed by atoms with Crippen molar-refractivity contribution >= 4 is 5.97 Å². The Labute approximate surface area is 190 Å². The van der Waals surface area contributed by atoms with E-state index in [4.69, 9.17) is 9.47 Å². The maximum Gasteiger partial charge on any atom is 0.313 e. The van der Waals surface area contributed by atoms with E-state index in [1.54, 1.807) is 16.7 Å². The zero-order chi connectivity index (χ0) is 22.6. The summed E-state index contributed by atoms with van der Waals surface area (Å²) < 4.78 is 12.7. The number of rotatable bonds is 2. The van der Waals surface area contributed by atoms with Gasteiger partial charge in [-0.1, -0.05) is 18.9 Å². The second-order valence-electron chi connectivity index (χ2n) is 12.7. The van der Waals surface area contributed by atoms with Crippen molar-refractivity contribution in [3.8, 4) is 0 Å². The molecule has 31 heavy (non-hydrogen) atoms. The fraction of sp³-hybridized carbons (Fsp3) is 0.821. The SMILES string of the molecule is CC(C)(C)OC(=O)[C@@H]1CC2=C(CCCC2)C2=C1[C@@H]1CCC[C@H](OC(C)(C)C)[C@@]1(C)CC2. The summed E-state index contributed by atoms with van der Waals surface area (Å²) in [7, 11) is 0. The Bertz CT molecular complexity index is 788. The van der Waals surface area contributed by atoms with Crippen molar-refractivity contribution in [2.45, 2.75) is 130 Å². The van der Waals surface area contributed by atoms with Crippen molar-refractivity contribution in [2.75, 3.05) is 0 Å². The fourth-order valence-electron chi connectivity index (χ4n) is 6.88. The Balaban J connectivity index is 1.76. The van der Waals surface area contributed by atoms with Crippen LogP contribution in [0.25, 0.3) is 0 Å². The van der Waals surface area contributed by atoms with Crippen molar-refractivity contribution < 1.29 is 14.3 Å². The molecule has 1 saturated carbocycles. The van der Waals surface area contributed by atoms with Crippen LogP contribution in [-0.4, -0.2) is 23.3 Å². The predicted molar refractivity (Wildman–Crippen MR) is 126 cm³/mol. The number of allylic oxidation sites excluding steroid dienone is 3. The van der Waals surface area contributed by atoms with Crippen molar-refractivity contribution in [3.05, 3.63) is 22.3 Å². The smallest absolute Gasteiger partial charge is 0.313 e. The number of carbonyl (C=O) groups is 1. The highest BCUT2D eigenvalue weighted by molar-refractivity contribution is 5.79. The molecule has 0 aliphatic heterocycles. The number of ether oxygens (including phenoxy) is 2. The van der Waals surface area contributed by atoms with E-state index >= 15 is 0 Å². The average molecular weight is 429 g/mol. The molecule has 0 spiro atoms. The first-order valence-electron chi connectivity index (χ1n) is 12.7. The summed E-state index contributed by atoms with van der Waals surface area (Å²) in [5.41, 5.74) is 5.71. The lowest BCUT2D eigenvalue weighted by Crippen LogP contribution is -2.51. The van der Waals surface area contributed by atoms with Gasteiger partial charge < -0.3 is 9.47 Å². The zero-order valence-electron chi connectivity index (χ0n) is 21.0. The zero-order valence-corrected chi connectivity index (χ0v) is 21.0. The molecule has 0 bridgehead atoms. The molecule has 0 radical (unpaired) electrons. The molecule has 4 atom stereocenters. The summed E-state index contributed by atoms with van der Waals surface area (Å²) in [6, 6.07) is 0. The maximum absolute atomic E-state index is 13.5. The molecular weight excluding hydrogens is 384 g/mol. The first-order chi connectivity index (χ1) is 14.4. The molecule has 0 unspecified atom stereocenters. The number of carbonyl (C=O) groups excluding carboxylic acids is 1. The third-order valence-electron chi connectivity index (χ3n) is 8.09. The van der Waals surface area contributed by atoms with E-state index in [1.807, 2.05) is 20.8 Å². The number of fused-ring (bicyclic) bond motifs is 3.